The second-order valence-electron chi connectivity index (χ2n) is 8.06. The van der Waals surface area contributed by atoms with Crippen LogP contribution in [0.3, 0.4) is 0 Å². The summed E-state index contributed by atoms with van der Waals surface area (Å²) in [5.41, 5.74) is -2.07. The predicted molar refractivity (Wildman–Crippen MR) is 113 cm³/mol. The average molecular weight is 486 g/mol. The average Bonchev–Trinajstić information content (AvgIpc) is 3.41. The van der Waals surface area contributed by atoms with Crippen molar-refractivity contribution in [2.24, 2.45) is 0 Å². The van der Waals surface area contributed by atoms with Crippen LogP contribution < -0.4 is 10.6 Å². The maximum Gasteiger partial charge on any atom is 0.416 e. The van der Waals surface area contributed by atoms with Gasteiger partial charge < -0.3 is 10.6 Å². The highest BCUT2D eigenvalue weighted by molar-refractivity contribution is 5.96. The fraction of sp³-hybridized carbons (Fsp3) is 0.261. The number of hydrogen-bond acceptors (Lipinski definition) is 5. The summed E-state index contributed by atoms with van der Waals surface area (Å²) >= 11 is 0. The highest BCUT2D eigenvalue weighted by Gasteiger charge is 2.46. The summed E-state index contributed by atoms with van der Waals surface area (Å²) in [6, 6.07) is 10.4. The second kappa shape index (κ2) is 9.17. The van der Waals surface area contributed by atoms with Crippen LogP contribution in [0, 0.1) is 17.1 Å². The van der Waals surface area contributed by atoms with Crippen LogP contribution in [0.5, 0.6) is 0 Å². The number of alkyl halides is 3. The third-order valence-corrected chi connectivity index (χ3v) is 5.48. The molecule has 1 saturated carbocycles. The van der Waals surface area contributed by atoms with Gasteiger partial charge in [0.15, 0.2) is 5.69 Å². The van der Waals surface area contributed by atoms with Crippen LogP contribution in [0.4, 0.5) is 17.6 Å². The summed E-state index contributed by atoms with van der Waals surface area (Å²) in [5.74, 6) is -2.12. The zero-order valence-corrected chi connectivity index (χ0v) is 18.0. The van der Waals surface area contributed by atoms with Gasteiger partial charge in [-0.1, -0.05) is 18.2 Å². The van der Waals surface area contributed by atoms with Crippen molar-refractivity contribution in [1.82, 2.24) is 25.6 Å². The number of aromatic nitrogens is 3. The lowest BCUT2D eigenvalue weighted by atomic mass is 9.99. The Kier molecular flexibility index (Phi) is 6.26. The van der Waals surface area contributed by atoms with Crippen molar-refractivity contribution in [3.8, 4) is 11.8 Å². The van der Waals surface area contributed by atoms with Gasteiger partial charge in [-0.3, -0.25) is 9.59 Å². The number of halogens is 4. The van der Waals surface area contributed by atoms with Gasteiger partial charge in [-0.15, -0.1) is 5.10 Å². The van der Waals surface area contributed by atoms with Gasteiger partial charge in [0.05, 0.1) is 23.5 Å². The number of hydrogen-bond donors (Lipinski definition) is 2. The molecule has 0 unspecified atom stereocenters. The summed E-state index contributed by atoms with van der Waals surface area (Å²) in [5, 5.41) is 22.1. The number of amides is 2. The standard InChI is InChI=1S/C23H18F4N6O2/c24-15-5-7-16(8-6-15)33-29-12-19(32-33)20(34)30-18(21(35)31-22(13-28)9-10-22)11-14-3-1-2-4-17(14)23(25,26)27/h1-8,12,18H,9-11H2,(H,30,34)(H,31,35)/t18-/m0/s1. The zero-order chi connectivity index (χ0) is 25.2. The van der Waals surface area contributed by atoms with Gasteiger partial charge in [-0.2, -0.15) is 28.3 Å². The van der Waals surface area contributed by atoms with Crippen molar-refractivity contribution >= 4 is 11.8 Å². The van der Waals surface area contributed by atoms with Crippen LogP contribution in [-0.4, -0.2) is 38.4 Å². The van der Waals surface area contributed by atoms with Crippen LogP contribution in [0.2, 0.25) is 0 Å². The minimum Gasteiger partial charge on any atom is -0.338 e. The summed E-state index contributed by atoms with van der Waals surface area (Å²) in [4.78, 5) is 26.8. The Balaban J connectivity index is 1.57. The number of benzene rings is 2. The number of carbonyl (C=O) groups is 2. The normalized spacial score (nSPS) is 15.1. The van der Waals surface area contributed by atoms with Crippen LogP contribution in [0.15, 0.2) is 54.7 Å². The third kappa shape index (κ3) is 5.46. The van der Waals surface area contributed by atoms with E-state index in [1.54, 1.807) is 0 Å². The summed E-state index contributed by atoms with van der Waals surface area (Å²) in [6.45, 7) is 0. The second-order valence-corrected chi connectivity index (χ2v) is 8.06. The molecule has 180 valence electrons. The van der Waals surface area contributed by atoms with Gasteiger partial charge in [-0.05, 0) is 48.7 Å². The lowest BCUT2D eigenvalue weighted by Gasteiger charge is -2.21. The molecule has 1 aliphatic rings. The summed E-state index contributed by atoms with van der Waals surface area (Å²) in [6.07, 6.45) is -3.22. The first-order valence-corrected chi connectivity index (χ1v) is 10.5. The molecule has 3 aromatic rings. The molecule has 12 heteroatoms. The Morgan fingerprint density at radius 1 is 1.14 bits per heavy atom. The molecular formula is C23H18F4N6O2. The minimum absolute atomic E-state index is 0.197. The van der Waals surface area contributed by atoms with E-state index in [9.17, 15) is 32.4 Å². The smallest absolute Gasteiger partial charge is 0.338 e. The molecule has 1 aliphatic carbocycles. The van der Waals surface area contributed by atoms with Crippen LogP contribution in [0.1, 0.15) is 34.5 Å². The molecule has 2 amide bonds. The number of nitrogens with zero attached hydrogens (tertiary/aromatic N) is 4. The van der Waals surface area contributed by atoms with Gasteiger partial charge in [0, 0.05) is 6.42 Å². The Hall–Kier alpha value is -4.27. The van der Waals surface area contributed by atoms with E-state index in [2.05, 4.69) is 20.8 Å². The van der Waals surface area contributed by atoms with E-state index in [-0.39, 0.29) is 11.3 Å². The first kappa shape index (κ1) is 23.9. The maximum absolute atomic E-state index is 13.5. The molecule has 0 radical (unpaired) electrons. The highest BCUT2D eigenvalue weighted by atomic mass is 19.4. The highest BCUT2D eigenvalue weighted by Crippen LogP contribution is 2.35. The van der Waals surface area contributed by atoms with Crippen LogP contribution >= 0.6 is 0 Å². The molecule has 1 atom stereocenters. The summed E-state index contributed by atoms with van der Waals surface area (Å²) in [7, 11) is 0. The van der Waals surface area contributed by atoms with E-state index < -0.39 is 47.4 Å². The summed E-state index contributed by atoms with van der Waals surface area (Å²) < 4.78 is 53.6. The Morgan fingerprint density at radius 3 is 2.46 bits per heavy atom. The van der Waals surface area contributed by atoms with Crippen molar-refractivity contribution in [3.05, 3.63) is 77.4 Å². The number of carbonyl (C=O) groups excluding carboxylic acids is 2. The predicted octanol–water partition coefficient (Wildman–Crippen LogP) is 2.94. The molecule has 0 saturated heterocycles. The maximum atomic E-state index is 13.5. The molecule has 35 heavy (non-hydrogen) atoms. The van der Waals surface area contributed by atoms with Crippen molar-refractivity contribution < 1.29 is 27.2 Å². The van der Waals surface area contributed by atoms with Gasteiger partial charge in [0.25, 0.3) is 5.91 Å². The third-order valence-electron chi connectivity index (χ3n) is 5.48. The molecule has 8 nitrogen and oxygen atoms in total. The van der Waals surface area contributed by atoms with Crippen molar-refractivity contribution in [1.29, 1.82) is 5.26 Å². The molecule has 1 fully saturated rings. The van der Waals surface area contributed by atoms with Gasteiger partial charge in [0.2, 0.25) is 5.91 Å². The first-order chi connectivity index (χ1) is 16.6. The zero-order valence-electron chi connectivity index (χ0n) is 18.0. The van der Waals surface area contributed by atoms with Gasteiger partial charge >= 0.3 is 6.18 Å². The number of rotatable bonds is 7. The molecule has 0 bridgehead atoms. The molecular weight excluding hydrogens is 468 g/mol. The Labute approximate surface area is 196 Å². The molecule has 2 N–H and O–H groups in total. The Bertz CT molecular complexity index is 1290. The monoisotopic (exact) mass is 486 g/mol. The lowest BCUT2D eigenvalue weighted by molar-refractivity contribution is -0.138. The van der Waals surface area contributed by atoms with Crippen molar-refractivity contribution in [2.75, 3.05) is 0 Å². The van der Waals surface area contributed by atoms with Gasteiger partial charge in [0.1, 0.15) is 17.4 Å². The van der Waals surface area contributed by atoms with E-state index in [1.165, 1.54) is 42.5 Å². The molecule has 1 aromatic heterocycles. The van der Waals surface area contributed by atoms with Gasteiger partial charge in [-0.25, -0.2) is 4.39 Å². The van der Waals surface area contributed by atoms with E-state index in [4.69, 9.17) is 0 Å². The number of nitrogens with one attached hydrogen (secondary N) is 2. The first-order valence-electron chi connectivity index (χ1n) is 10.5. The topological polar surface area (TPSA) is 113 Å². The van der Waals surface area contributed by atoms with E-state index in [0.29, 0.717) is 18.5 Å². The largest absolute Gasteiger partial charge is 0.416 e. The quantitative estimate of drug-likeness (QED) is 0.499. The molecule has 0 aliphatic heterocycles. The Morgan fingerprint density at radius 2 is 1.83 bits per heavy atom. The fourth-order valence-electron chi connectivity index (χ4n) is 3.41. The lowest BCUT2D eigenvalue weighted by Crippen LogP contribution is -2.51. The molecule has 0 spiro atoms. The van der Waals surface area contributed by atoms with Crippen molar-refractivity contribution in [2.45, 2.75) is 37.0 Å². The molecule has 2 aromatic carbocycles. The van der Waals surface area contributed by atoms with E-state index in [1.807, 2.05) is 6.07 Å². The molecule has 4 rings (SSSR count). The van der Waals surface area contributed by atoms with Crippen LogP contribution in [-0.2, 0) is 17.4 Å². The van der Waals surface area contributed by atoms with Crippen LogP contribution in [0.25, 0.3) is 5.69 Å². The van der Waals surface area contributed by atoms with E-state index >= 15 is 0 Å². The van der Waals surface area contributed by atoms with E-state index in [0.717, 1.165) is 17.1 Å². The fourth-order valence-corrected chi connectivity index (χ4v) is 3.41. The number of nitriles is 1. The van der Waals surface area contributed by atoms with Crippen molar-refractivity contribution in [3.63, 3.8) is 0 Å². The SMILES string of the molecule is N#CC1(NC(=O)[C@H](Cc2ccccc2C(F)(F)F)NC(=O)c2cnn(-c3ccc(F)cc3)n2)CC1. The minimum atomic E-state index is -4.66. The molecule has 1 heterocycles.